The van der Waals surface area contributed by atoms with Crippen molar-refractivity contribution in [3.8, 4) is 0 Å². The van der Waals surface area contributed by atoms with Crippen molar-refractivity contribution in [2.24, 2.45) is 18.9 Å². The Balaban J connectivity index is 1.33. The number of benzene rings is 1. The second-order valence-electron chi connectivity index (χ2n) is 13.7. The summed E-state index contributed by atoms with van der Waals surface area (Å²) in [5.74, 6) is 1.77. The number of likely N-dealkylation sites (tertiary alicyclic amines) is 1. The molecule has 1 aromatic carbocycles. The fourth-order valence-corrected chi connectivity index (χ4v) is 8.13. The van der Waals surface area contributed by atoms with E-state index in [1.165, 1.54) is 36.0 Å². The normalized spacial score (nSPS) is 23.6. The van der Waals surface area contributed by atoms with Crippen LogP contribution >= 0.6 is 0 Å². The lowest BCUT2D eigenvalue weighted by molar-refractivity contribution is -0.143. The van der Waals surface area contributed by atoms with Crippen LogP contribution < -0.4 is 10.2 Å². The molecule has 0 radical (unpaired) electrons. The molecule has 2 aliphatic carbocycles. The van der Waals surface area contributed by atoms with Gasteiger partial charge in [-0.05, 0) is 94.7 Å². The maximum atomic E-state index is 11.6. The topological polar surface area (TPSA) is 99.4 Å². The molecule has 9 heteroatoms. The summed E-state index contributed by atoms with van der Waals surface area (Å²) in [6.07, 6.45) is 15.2. The number of carbonyl (C=O) groups is 1. The first-order valence-corrected chi connectivity index (χ1v) is 17.3. The highest BCUT2D eigenvalue weighted by molar-refractivity contribution is 5.70. The maximum absolute atomic E-state index is 11.6. The van der Waals surface area contributed by atoms with Gasteiger partial charge in [-0.3, -0.25) is 9.48 Å². The molecule has 3 aromatic rings. The number of piperidine rings is 1. The minimum absolute atomic E-state index is 0.0688. The Hall–Kier alpha value is -3.46. The first kappa shape index (κ1) is 31.5. The molecule has 2 aromatic heterocycles. The van der Waals surface area contributed by atoms with Crippen molar-refractivity contribution in [2.45, 2.75) is 95.6 Å². The van der Waals surface area contributed by atoms with Gasteiger partial charge in [-0.2, -0.15) is 10.1 Å². The molecule has 0 amide bonds. The average Bonchev–Trinajstić information content (AvgIpc) is 3.51. The summed E-state index contributed by atoms with van der Waals surface area (Å²) in [6, 6.07) is 11.2. The summed E-state index contributed by atoms with van der Waals surface area (Å²) in [5, 5.41) is 18.1. The lowest BCUT2D eigenvalue weighted by Crippen LogP contribution is -2.41. The molecule has 242 valence electrons. The van der Waals surface area contributed by atoms with E-state index < -0.39 is 5.97 Å². The predicted molar refractivity (Wildman–Crippen MR) is 179 cm³/mol. The molecule has 6 rings (SSSR count). The van der Waals surface area contributed by atoms with Crippen molar-refractivity contribution in [1.82, 2.24) is 24.6 Å². The molecule has 45 heavy (non-hydrogen) atoms. The van der Waals surface area contributed by atoms with E-state index in [1.807, 2.05) is 17.9 Å². The van der Waals surface area contributed by atoms with Crippen LogP contribution in [0.3, 0.4) is 0 Å². The van der Waals surface area contributed by atoms with Gasteiger partial charge in [-0.15, -0.1) is 0 Å². The van der Waals surface area contributed by atoms with Crippen molar-refractivity contribution in [2.75, 3.05) is 36.9 Å². The Morgan fingerprint density at radius 2 is 1.82 bits per heavy atom. The Kier molecular flexibility index (Phi) is 10.0. The van der Waals surface area contributed by atoms with E-state index >= 15 is 0 Å². The zero-order valence-electron chi connectivity index (χ0n) is 27.4. The van der Waals surface area contributed by atoms with Crippen molar-refractivity contribution >= 4 is 17.7 Å². The number of aromatic nitrogens is 4. The quantitative estimate of drug-likeness (QED) is 0.263. The number of nitrogens with zero attached hydrogens (tertiary/aromatic N) is 6. The van der Waals surface area contributed by atoms with Crippen LogP contribution in [0.2, 0.25) is 0 Å². The number of aliphatic carboxylic acids is 1. The predicted octanol–water partition coefficient (Wildman–Crippen LogP) is 6.23. The van der Waals surface area contributed by atoms with E-state index in [0.717, 1.165) is 88.5 Å². The molecule has 1 saturated heterocycles. The highest BCUT2D eigenvalue weighted by Gasteiger charge is 2.34. The van der Waals surface area contributed by atoms with E-state index in [9.17, 15) is 9.90 Å². The zero-order chi connectivity index (χ0) is 31.3. The Bertz CT molecular complexity index is 1410. The molecular formula is C36H51N7O2. The lowest BCUT2D eigenvalue weighted by atomic mass is 9.77. The van der Waals surface area contributed by atoms with Crippen molar-refractivity contribution in [3.05, 3.63) is 65.1 Å². The van der Waals surface area contributed by atoms with Gasteiger partial charge in [0.05, 0.1) is 23.9 Å². The molecule has 3 aliphatic rings. The highest BCUT2D eigenvalue weighted by Crippen LogP contribution is 2.39. The van der Waals surface area contributed by atoms with Crippen LogP contribution in [0.5, 0.6) is 0 Å². The summed E-state index contributed by atoms with van der Waals surface area (Å²) in [5.41, 5.74) is 4.97. The Labute approximate surface area is 268 Å². The molecule has 0 spiro atoms. The third-order valence-electron chi connectivity index (χ3n) is 10.8. The van der Waals surface area contributed by atoms with E-state index in [0.29, 0.717) is 11.8 Å². The van der Waals surface area contributed by atoms with Crippen LogP contribution in [0.25, 0.3) is 0 Å². The van der Waals surface area contributed by atoms with E-state index in [1.54, 1.807) is 0 Å². The fraction of sp³-hybridized carbons (Fsp3) is 0.611. The molecule has 9 nitrogen and oxygen atoms in total. The Morgan fingerprint density at radius 1 is 1.07 bits per heavy atom. The molecule has 1 saturated carbocycles. The number of aryl methyl sites for hydroxylation is 2. The monoisotopic (exact) mass is 613 g/mol. The average molecular weight is 614 g/mol. The second-order valence-corrected chi connectivity index (χ2v) is 13.7. The van der Waals surface area contributed by atoms with Crippen molar-refractivity contribution in [1.29, 1.82) is 0 Å². The van der Waals surface area contributed by atoms with E-state index in [4.69, 9.17) is 9.97 Å². The fourth-order valence-electron chi connectivity index (χ4n) is 8.13. The van der Waals surface area contributed by atoms with Gasteiger partial charge in [-0.25, -0.2) is 4.98 Å². The number of nitrogens with one attached hydrogen (secondary N) is 1. The molecule has 2 N–H and O–H groups in total. The Morgan fingerprint density at radius 3 is 2.49 bits per heavy atom. The van der Waals surface area contributed by atoms with Crippen LogP contribution in [0.1, 0.15) is 99.1 Å². The number of rotatable bonds is 11. The van der Waals surface area contributed by atoms with Gasteiger partial charge < -0.3 is 20.2 Å². The van der Waals surface area contributed by atoms with Crippen molar-refractivity contribution in [3.63, 3.8) is 0 Å². The van der Waals surface area contributed by atoms with Gasteiger partial charge in [0.2, 0.25) is 5.95 Å². The third-order valence-corrected chi connectivity index (χ3v) is 10.8. The first-order valence-electron chi connectivity index (χ1n) is 17.3. The van der Waals surface area contributed by atoms with Gasteiger partial charge in [-0.1, -0.05) is 43.7 Å². The first-order chi connectivity index (χ1) is 21.9. The van der Waals surface area contributed by atoms with E-state index in [2.05, 4.69) is 70.7 Å². The number of carboxylic acid groups (broad SMARTS) is 1. The molecule has 1 aliphatic heterocycles. The van der Waals surface area contributed by atoms with Gasteiger partial charge in [0.1, 0.15) is 5.82 Å². The van der Waals surface area contributed by atoms with Crippen LogP contribution in [-0.4, -0.2) is 68.4 Å². The SMILES string of the molecule is CC[C@H](C1CCC(C(=O)O)CC1)N(C)c1nc2c(c(N[C@@H](CN3CCCCC3)c3cnn(C)c3)n1)C[C@H](c1ccccc1)CC2. The number of anilines is 2. The largest absolute Gasteiger partial charge is 0.481 e. The summed E-state index contributed by atoms with van der Waals surface area (Å²) >= 11 is 0. The molecule has 2 fully saturated rings. The zero-order valence-corrected chi connectivity index (χ0v) is 27.4. The van der Waals surface area contributed by atoms with E-state index in [-0.39, 0.29) is 18.0 Å². The molecule has 0 bridgehead atoms. The lowest BCUT2D eigenvalue weighted by Gasteiger charge is -2.38. The number of hydrogen-bond donors (Lipinski definition) is 2. The van der Waals surface area contributed by atoms with Gasteiger partial charge in [0.15, 0.2) is 0 Å². The molecule has 0 unspecified atom stereocenters. The number of carboxylic acids is 1. The third kappa shape index (κ3) is 7.35. The second kappa shape index (κ2) is 14.3. The maximum Gasteiger partial charge on any atom is 0.306 e. The van der Waals surface area contributed by atoms with Gasteiger partial charge >= 0.3 is 5.97 Å². The minimum Gasteiger partial charge on any atom is -0.481 e. The summed E-state index contributed by atoms with van der Waals surface area (Å²) in [7, 11) is 4.13. The van der Waals surface area contributed by atoms with Crippen molar-refractivity contribution < 1.29 is 9.90 Å². The standard InChI is InChI=1S/C36H51N7O2/c1-4-33(26-13-15-27(16-14-26)35(44)45)42(3)36-39-31-18-17-28(25-11-7-5-8-12-25)21-30(31)34(40-36)38-32(29-22-37-41(2)23-29)24-43-19-9-6-10-20-43/h5,7-8,11-12,22-23,26-28,32-33H,4,6,9-10,13-21,24H2,1-3H3,(H,44,45)(H,38,39,40)/t26?,27?,28-,32+,33-/m1/s1. The van der Waals surface area contributed by atoms with Crippen LogP contribution in [0.15, 0.2) is 42.7 Å². The number of fused-ring (bicyclic) bond motifs is 1. The molecular weight excluding hydrogens is 562 g/mol. The molecule has 3 heterocycles. The van der Waals surface area contributed by atoms with Crippen LogP contribution in [0.4, 0.5) is 11.8 Å². The number of hydrogen-bond acceptors (Lipinski definition) is 7. The van der Waals surface area contributed by atoms with Gasteiger partial charge in [0, 0.05) is 44.0 Å². The smallest absolute Gasteiger partial charge is 0.306 e. The molecule has 3 atom stereocenters. The minimum atomic E-state index is -0.648. The summed E-state index contributed by atoms with van der Waals surface area (Å²) in [6.45, 7) is 5.42. The summed E-state index contributed by atoms with van der Waals surface area (Å²) in [4.78, 5) is 27.1. The summed E-state index contributed by atoms with van der Waals surface area (Å²) < 4.78 is 1.89. The van der Waals surface area contributed by atoms with Crippen LogP contribution in [-0.2, 0) is 24.7 Å². The van der Waals surface area contributed by atoms with Gasteiger partial charge in [0.25, 0.3) is 0 Å². The van der Waals surface area contributed by atoms with Crippen LogP contribution in [0, 0.1) is 11.8 Å². The highest BCUT2D eigenvalue weighted by atomic mass is 16.4.